The number of unbranched alkanes of at least 4 members (excludes halogenated alkanes) is 1. The number of hydrogen-bond acceptors (Lipinski definition) is 3. The van der Waals surface area contributed by atoms with E-state index in [1.165, 1.54) is 11.1 Å². The zero-order chi connectivity index (χ0) is 17.8. The third-order valence-corrected chi connectivity index (χ3v) is 5.08. The maximum atomic E-state index is 12.3. The smallest absolute Gasteiger partial charge is 0.251 e. The van der Waals surface area contributed by atoms with Gasteiger partial charge in [-0.3, -0.25) is 9.69 Å². The number of H-pyrrole nitrogens is 1. The zero-order valence-electron chi connectivity index (χ0n) is 14.9. The highest BCUT2D eigenvalue weighted by Crippen LogP contribution is 2.18. The predicted octanol–water partition coefficient (Wildman–Crippen LogP) is 3.13. The van der Waals surface area contributed by atoms with Gasteiger partial charge < -0.3 is 10.3 Å². The average molecular weight is 348 g/mol. The number of rotatable bonds is 6. The number of amides is 1. The van der Waals surface area contributed by atoms with E-state index in [-0.39, 0.29) is 5.91 Å². The van der Waals surface area contributed by atoms with Gasteiger partial charge in [-0.05, 0) is 55.1 Å². The van der Waals surface area contributed by atoms with E-state index < -0.39 is 0 Å². The molecule has 0 saturated heterocycles. The summed E-state index contributed by atoms with van der Waals surface area (Å²) in [6, 6.07) is 14.3. The molecule has 0 atom stereocenters. The number of nitrogens with one attached hydrogen (secondary N) is 2. The molecule has 5 nitrogen and oxygen atoms in total. The number of aromatic amines is 1. The van der Waals surface area contributed by atoms with Crippen molar-refractivity contribution in [3.05, 3.63) is 65.5 Å². The van der Waals surface area contributed by atoms with Crippen LogP contribution in [0.3, 0.4) is 0 Å². The van der Waals surface area contributed by atoms with E-state index in [4.69, 9.17) is 0 Å². The first kappa shape index (κ1) is 16.8. The molecule has 1 aromatic heterocycles. The first-order chi connectivity index (χ1) is 12.8. The molecule has 0 unspecified atom stereocenters. The van der Waals surface area contributed by atoms with E-state index in [9.17, 15) is 4.79 Å². The van der Waals surface area contributed by atoms with Gasteiger partial charge in [-0.2, -0.15) is 0 Å². The van der Waals surface area contributed by atoms with Crippen LogP contribution < -0.4 is 5.32 Å². The molecule has 134 valence electrons. The Morgan fingerprint density at radius 2 is 2.04 bits per heavy atom. The second kappa shape index (κ2) is 7.70. The number of nitrogens with zero attached hydrogens (tertiary/aromatic N) is 2. The second-order valence-electron chi connectivity index (χ2n) is 6.89. The fourth-order valence-corrected chi connectivity index (χ4v) is 3.59. The summed E-state index contributed by atoms with van der Waals surface area (Å²) in [5, 5.41) is 3.02. The maximum Gasteiger partial charge on any atom is 0.251 e. The largest absolute Gasteiger partial charge is 0.352 e. The van der Waals surface area contributed by atoms with Crippen LogP contribution in [0.15, 0.2) is 48.8 Å². The predicted molar refractivity (Wildman–Crippen MR) is 103 cm³/mol. The highest BCUT2D eigenvalue weighted by Gasteiger charge is 2.14. The van der Waals surface area contributed by atoms with Gasteiger partial charge >= 0.3 is 0 Å². The minimum atomic E-state index is -0.0200. The number of carbonyl (C=O) groups is 1. The molecular formula is C21H24N4O. The van der Waals surface area contributed by atoms with Crippen molar-refractivity contribution >= 4 is 16.9 Å². The minimum absolute atomic E-state index is 0.0200. The molecule has 0 saturated carbocycles. The Hall–Kier alpha value is -2.66. The van der Waals surface area contributed by atoms with Crippen molar-refractivity contribution in [2.75, 3.05) is 19.6 Å². The molecule has 0 radical (unpaired) electrons. The summed E-state index contributed by atoms with van der Waals surface area (Å²) in [4.78, 5) is 22.0. The van der Waals surface area contributed by atoms with Crippen LogP contribution in [-0.2, 0) is 13.0 Å². The number of hydrogen-bond donors (Lipinski definition) is 2. The number of imidazole rings is 1. The van der Waals surface area contributed by atoms with Gasteiger partial charge in [0, 0.05) is 25.2 Å². The summed E-state index contributed by atoms with van der Waals surface area (Å²) in [6.45, 7) is 3.98. The summed E-state index contributed by atoms with van der Waals surface area (Å²) in [7, 11) is 0. The molecule has 2 heterocycles. The van der Waals surface area contributed by atoms with E-state index in [2.05, 4.69) is 44.5 Å². The van der Waals surface area contributed by atoms with Gasteiger partial charge in [0.05, 0.1) is 17.4 Å². The van der Waals surface area contributed by atoms with Gasteiger partial charge in [0.15, 0.2) is 0 Å². The van der Waals surface area contributed by atoms with Crippen LogP contribution in [0.1, 0.15) is 34.3 Å². The van der Waals surface area contributed by atoms with Gasteiger partial charge in [-0.25, -0.2) is 4.98 Å². The lowest BCUT2D eigenvalue weighted by Gasteiger charge is -2.28. The average Bonchev–Trinajstić information content (AvgIpc) is 3.15. The summed E-state index contributed by atoms with van der Waals surface area (Å²) in [5.41, 5.74) is 5.40. The topological polar surface area (TPSA) is 61.0 Å². The fourth-order valence-electron chi connectivity index (χ4n) is 3.59. The lowest BCUT2D eigenvalue weighted by atomic mass is 10.00. The number of aromatic nitrogens is 2. The van der Waals surface area contributed by atoms with Crippen molar-refractivity contribution in [1.82, 2.24) is 20.2 Å². The molecule has 3 aromatic rings. The van der Waals surface area contributed by atoms with Gasteiger partial charge in [-0.1, -0.05) is 24.3 Å². The fraction of sp³-hybridized carbons (Fsp3) is 0.333. The first-order valence-electron chi connectivity index (χ1n) is 9.30. The van der Waals surface area contributed by atoms with Crippen molar-refractivity contribution in [3.8, 4) is 0 Å². The Morgan fingerprint density at radius 1 is 1.15 bits per heavy atom. The minimum Gasteiger partial charge on any atom is -0.352 e. The van der Waals surface area contributed by atoms with Crippen LogP contribution in [0.25, 0.3) is 11.0 Å². The highest BCUT2D eigenvalue weighted by atomic mass is 16.1. The molecule has 5 heteroatoms. The zero-order valence-corrected chi connectivity index (χ0v) is 14.9. The van der Waals surface area contributed by atoms with Gasteiger partial charge in [0.2, 0.25) is 0 Å². The maximum absolute atomic E-state index is 12.3. The molecule has 0 bridgehead atoms. The molecule has 1 aliphatic heterocycles. The van der Waals surface area contributed by atoms with Crippen LogP contribution >= 0.6 is 0 Å². The SMILES string of the molecule is O=C(NCCCCN1CCc2ccccc2C1)c1ccc2nc[nH]c2c1. The molecule has 4 rings (SSSR count). The molecule has 1 amide bonds. The third kappa shape index (κ3) is 3.78. The van der Waals surface area contributed by atoms with Crippen molar-refractivity contribution in [1.29, 1.82) is 0 Å². The number of benzene rings is 2. The molecule has 0 spiro atoms. The van der Waals surface area contributed by atoms with Crippen molar-refractivity contribution in [2.24, 2.45) is 0 Å². The third-order valence-electron chi connectivity index (χ3n) is 5.08. The van der Waals surface area contributed by atoms with Crippen LogP contribution in [0.5, 0.6) is 0 Å². The lowest BCUT2D eigenvalue weighted by Crippen LogP contribution is -2.32. The molecular weight excluding hydrogens is 324 g/mol. The van der Waals surface area contributed by atoms with Crippen molar-refractivity contribution < 1.29 is 4.79 Å². The van der Waals surface area contributed by atoms with Gasteiger partial charge in [0.25, 0.3) is 5.91 Å². The van der Waals surface area contributed by atoms with Crippen LogP contribution in [0, 0.1) is 0 Å². The Balaban J connectivity index is 1.19. The van der Waals surface area contributed by atoms with E-state index >= 15 is 0 Å². The Kier molecular flexibility index (Phi) is 4.97. The number of carbonyl (C=O) groups excluding carboxylic acids is 1. The van der Waals surface area contributed by atoms with Crippen LogP contribution in [0.2, 0.25) is 0 Å². The lowest BCUT2D eigenvalue weighted by molar-refractivity contribution is 0.0952. The number of fused-ring (bicyclic) bond motifs is 2. The first-order valence-corrected chi connectivity index (χ1v) is 9.30. The van der Waals surface area contributed by atoms with Crippen LogP contribution in [-0.4, -0.2) is 40.4 Å². The van der Waals surface area contributed by atoms with E-state index in [0.717, 1.165) is 49.9 Å². The molecule has 2 aromatic carbocycles. The molecule has 0 fully saturated rings. The monoisotopic (exact) mass is 348 g/mol. The van der Waals surface area contributed by atoms with Gasteiger partial charge in [0.1, 0.15) is 0 Å². The molecule has 0 aliphatic carbocycles. The van der Waals surface area contributed by atoms with E-state index in [0.29, 0.717) is 12.1 Å². The van der Waals surface area contributed by atoms with Crippen LogP contribution in [0.4, 0.5) is 0 Å². The summed E-state index contributed by atoms with van der Waals surface area (Å²) in [6.07, 6.45) is 4.88. The molecule has 1 aliphatic rings. The summed E-state index contributed by atoms with van der Waals surface area (Å²) >= 11 is 0. The Bertz CT molecular complexity index is 902. The standard InChI is InChI=1S/C21H24N4O/c26-21(17-7-8-19-20(13-17)24-15-23-19)22-10-3-4-11-25-12-9-16-5-1-2-6-18(16)14-25/h1-2,5-8,13,15H,3-4,9-12,14H2,(H,22,26)(H,23,24). The normalized spacial score (nSPS) is 14.3. The van der Waals surface area contributed by atoms with E-state index in [1.54, 1.807) is 6.33 Å². The van der Waals surface area contributed by atoms with Crippen molar-refractivity contribution in [3.63, 3.8) is 0 Å². The quantitative estimate of drug-likeness (QED) is 0.673. The van der Waals surface area contributed by atoms with Crippen molar-refractivity contribution in [2.45, 2.75) is 25.8 Å². The Labute approximate surface area is 153 Å². The summed E-state index contributed by atoms with van der Waals surface area (Å²) in [5.74, 6) is -0.0200. The second-order valence-corrected chi connectivity index (χ2v) is 6.89. The van der Waals surface area contributed by atoms with Gasteiger partial charge in [-0.15, -0.1) is 0 Å². The Morgan fingerprint density at radius 3 is 2.96 bits per heavy atom. The highest BCUT2D eigenvalue weighted by molar-refractivity contribution is 5.97. The van der Waals surface area contributed by atoms with E-state index in [1.807, 2.05) is 18.2 Å². The molecule has 2 N–H and O–H groups in total. The summed E-state index contributed by atoms with van der Waals surface area (Å²) < 4.78 is 0. The molecule has 26 heavy (non-hydrogen) atoms.